The smallest absolute Gasteiger partial charge is 0.252 e. The van der Waals surface area contributed by atoms with Crippen LogP contribution in [0.3, 0.4) is 0 Å². The molecule has 0 radical (unpaired) electrons. The van der Waals surface area contributed by atoms with E-state index in [0.717, 1.165) is 6.42 Å². The van der Waals surface area contributed by atoms with Gasteiger partial charge in [0.25, 0.3) is 5.92 Å². The van der Waals surface area contributed by atoms with Crippen LogP contribution in [0.4, 0.5) is 20.5 Å². The van der Waals surface area contributed by atoms with Crippen LogP contribution < -0.4 is 25.8 Å². The lowest BCUT2D eigenvalue weighted by molar-refractivity contribution is -0.113. The molecule has 0 spiro atoms. The minimum Gasteiger partial charge on any atom is -0.495 e. The molecule has 3 heterocycles. The van der Waals surface area contributed by atoms with Crippen LogP contribution in [0.2, 0.25) is 10.0 Å². The Morgan fingerprint density at radius 1 is 1.15 bits per heavy atom. The van der Waals surface area contributed by atoms with Crippen molar-refractivity contribution in [3.63, 3.8) is 0 Å². The summed E-state index contributed by atoms with van der Waals surface area (Å²) in [5.41, 5.74) is 6.32. The highest BCUT2D eigenvalue weighted by Gasteiger charge is 2.45. The minimum absolute atomic E-state index is 0.0882. The molecule has 2 aromatic heterocycles. The first-order valence-electron chi connectivity index (χ1n) is 12.8. The van der Waals surface area contributed by atoms with Crippen LogP contribution in [0.15, 0.2) is 30.5 Å². The van der Waals surface area contributed by atoms with Gasteiger partial charge in [0, 0.05) is 48.7 Å². The van der Waals surface area contributed by atoms with Crippen LogP contribution in [-0.4, -0.2) is 59.9 Å². The molecule has 1 aliphatic carbocycles. The Morgan fingerprint density at radius 2 is 1.85 bits per heavy atom. The van der Waals surface area contributed by atoms with E-state index in [2.05, 4.69) is 20.6 Å². The van der Waals surface area contributed by atoms with Crippen LogP contribution in [0, 0.1) is 5.92 Å². The number of halogens is 4. The summed E-state index contributed by atoms with van der Waals surface area (Å²) in [7, 11) is 2.93. The van der Waals surface area contributed by atoms with E-state index in [0.29, 0.717) is 46.7 Å². The van der Waals surface area contributed by atoms with Gasteiger partial charge >= 0.3 is 0 Å². The number of nitrogens with one attached hydrogen (secondary N) is 2. The van der Waals surface area contributed by atoms with Crippen LogP contribution in [0.1, 0.15) is 25.7 Å². The van der Waals surface area contributed by atoms with Gasteiger partial charge < -0.3 is 30.6 Å². The maximum absolute atomic E-state index is 13.7. The zero-order valence-corrected chi connectivity index (χ0v) is 23.7. The SMILES string of the molecule is COc1cc(OC)c(Cl)c(-c2cc3cnc(NC4C[C@@H](C=CC(N)=O)CCO4)nc3c(NC3CC(F)(F)C3)n2)c1Cl. The van der Waals surface area contributed by atoms with Crippen LogP contribution in [0.5, 0.6) is 11.5 Å². The van der Waals surface area contributed by atoms with Crippen molar-refractivity contribution in [1.29, 1.82) is 0 Å². The van der Waals surface area contributed by atoms with E-state index >= 15 is 0 Å². The first kappa shape index (κ1) is 29.0. The van der Waals surface area contributed by atoms with E-state index in [9.17, 15) is 13.6 Å². The van der Waals surface area contributed by atoms with Gasteiger partial charge in [-0.1, -0.05) is 29.3 Å². The monoisotopic (exact) mass is 608 g/mol. The maximum atomic E-state index is 13.7. The van der Waals surface area contributed by atoms with Gasteiger partial charge in [0.2, 0.25) is 11.9 Å². The van der Waals surface area contributed by atoms with E-state index in [-0.39, 0.29) is 40.6 Å². The highest BCUT2D eigenvalue weighted by atomic mass is 35.5. The molecule has 218 valence electrons. The number of amides is 1. The molecule has 2 atom stereocenters. The number of anilines is 2. The van der Waals surface area contributed by atoms with Gasteiger partial charge in [0.1, 0.15) is 23.2 Å². The summed E-state index contributed by atoms with van der Waals surface area (Å²) < 4.78 is 43.9. The van der Waals surface area contributed by atoms with Gasteiger partial charge in [0.05, 0.1) is 30.0 Å². The number of pyridine rings is 1. The predicted octanol–water partition coefficient (Wildman–Crippen LogP) is 5.43. The number of carbonyl (C=O) groups is 1. The average Bonchev–Trinajstić information content (AvgIpc) is 2.91. The molecule has 4 N–H and O–H groups in total. The Labute approximate surface area is 244 Å². The molecular formula is C27H28Cl2F2N6O4. The summed E-state index contributed by atoms with van der Waals surface area (Å²) in [5, 5.41) is 7.25. The number of hydrogen-bond donors (Lipinski definition) is 3. The lowest BCUT2D eigenvalue weighted by Gasteiger charge is -2.35. The average molecular weight is 609 g/mol. The quantitative estimate of drug-likeness (QED) is 0.272. The van der Waals surface area contributed by atoms with Crippen molar-refractivity contribution in [3.05, 3.63) is 40.5 Å². The van der Waals surface area contributed by atoms with Gasteiger partial charge in [0.15, 0.2) is 5.82 Å². The van der Waals surface area contributed by atoms with Gasteiger partial charge in [-0.3, -0.25) is 4.79 Å². The number of benzene rings is 1. The van der Waals surface area contributed by atoms with E-state index in [1.165, 1.54) is 20.3 Å². The van der Waals surface area contributed by atoms with Crippen molar-refractivity contribution < 1.29 is 27.8 Å². The molecule has 41 heavy (non-hydrogen) atoms. The molecular weight excluding hydrogens is 581 g/mol. The molecule has 1 amide bonds. The van der Waals surface area contributed by atoms with Crippen molar-refractivity contribution in [2.75, 3.05) is 31.5 Å². The first-order valence-corrected chi connectivity index (χ1v) is 13.6. The Kier molecular flexibility index (Phi) is 8.35. The summed E-state index contributed by atoms with van der Waals surface area (Å²) in [6, 6.07) is 2.76. The number of carbonyl (C=O) groups excluding carboxylic acids is 1. The number of aromatic nitrogens is 3. The van der Waals surface area contributed by atoms with Crippen molar-refractivity contribution in [2.24, 2.45) is 11.7 Å². The minimum atomic E-state index is -2.74. The number of alkyl halides is 2. The second-order valence-corrected chi connectivity index (χ2v) is 10.7. The molecule has 14 heteroatoms. The molecule has 2 fully saturated rings. The van der Waals surface area contributed by atoms with Crippen molar-refractivity contribution in [3.8, 4) is 22.8 Å². The number of allylic oxidation sites excluding steroid dienone is 1. The van der Waals surface area contributed by atoms with Crippen LogP contribution in [0.25, 0.3) is 22.2 Å². The third-order valence-electron chi connectivity index (χ3n) is 6.97. The Hall–Kier alpha value is -3.48. The molecule has 1 saturated carbocycles. The number of hydrogen-bond acceptors (Lipinski definition) is 9. The summed E-state index contributed by atoms with van der Waals surface area (Å²) in [6.07, 6.45) is 4.94. The molecule has 0 bridgehead atoms. The Bertz CT molecular complexity index is 1470. The number of rotatable bonds is 9. The number of fused-ring (bicyclic) bond motifs is 1. The fraction of sp³-hybridized carbons (Fsp3) is 0.407. The normalized spacial score (nSPS) is 20.5. The molecule has 2 aliphatic rings. The first-order chi connectivity index (χ1) is 19.6. The number of methoxy groups -OCH3 is 2. The van der Waals surface area contributed by atoms with Crippen LogP contribution in [-0.2, 0) is 9.53 Å². The van der Waals surface area contributed by atoms with Crippen molar-refractivity contribution in [1.82, 2.24) is 15.0 Å². The zero-order chi connectivity index (χ0) is 29.3. The standard InChI is InChI=1S/C27H28Cl2F2N6O4/c1-39-17-9-18(40-2)23(29)21(22(17)28)16-8-14-12-33-26(36-20-7-13(5-6-41-20)3-4-19(32)38)37-24(14)25(35-16)34-15-10-27(30,31)11-15/h3-4,8-9,12-13,15,20H,5-7,10-11H2,1-2H3,(H2,32,38)(H,34,35)(H,33,36,37)/t13-,20?/m0/s1. The lowest BCUT2D eigenvalue weighted by atomic mass is 9.88. The topological polar surface area (TPSA) is 134 Å². The van der Waals surface area contributed by atoms with E-state index in [4.69, 9.17) is 48.1 Å². The van der Waals surface area contributed by atoms with Crippen molar-refractivity contribution >= 4 is 51.8 Å². The lowest BCUT2D eigenvalue weighted by Crippen LogP contribution is -2.44. The summed E-state index contributed by atoms with van der Waals surface area (Å²) in [6.45, 7) is 0.470. The molecule has 1 unspecified atom stereocenters. The van der Waals surface area contributed by atoms with Crippen LogP contribution >= 0.6 is 23.2 Å². The second-order valence-electron chi connectivity index (χ2n) is 9.93. The van der Waals surface area contributed by atoms with Gasteiger partial charge in [-0.2, -0.15) is 0 Å². The molecule has 1 aliphatic heterocycles. The van der Waals surface area contributed by atoms with Gasteiger partial charge in [-0.05, 0) is 30.9 Å². The van der Waals surface area contributed by atoms with E-state index < -0.39 is 24.1 Å². The third-order valence-corrected chi connectivity index (χ3v) is 7.72. The molecule has 10 nitrogen and oxygen atoms in total. The largest absolute Gasteiger partial charge is 0.495 e. The van der Waals surface area contributed by atoms with Gasteiger partial charge in [-0.15, -0.1) is 0 Å². The van der Waals surface area contributed by atoms with E-state index in [1.54, 1.807) is 24.4 Å². The molecule has 1 saturated heterocycles. The summed E-state index contributed by atoms with van der Waals surface area (Å²) in [5.74, 6) is -1.98. The highest BCUT2D eigenvalue weighted by Crippen LogP contribution is 2.47. The van der Waals surface area contributed by atoms with E-state index in [1.807, 2.05) is 0 Å². The van der Waals surface area contributed by atoms with Gasteiger partial charge in [-0.25, -0.2) is 23.7 Å². The molecule has 1 aromatic carbocycles. The predicted molar refractivity (Wildman–Crippen MR) is 152 cm³/mol. The number of nitrogens with zero attached hydrogens (tertiary/aromatic N) is 3. The maximum Gasteiger partial charge on any atom is 0.252 e. The fourth-order valence-electron chi connectivity index (χ4n) is 4.88. The molecule has 5 rings (SSSR count). The fourth-order valence-corrected chi connectivity index (χ4v) is 5.57. The number of primary amides is 1. The highest BCUT2D eigenvalue weighted by molar-refractivity contribution is 6.41. The molecule has 3 aromatic rings. The summed E-state index contributed by atoms with van der Waals surface area (Å²) >= 11 is 13.3. The number of ether oxygens (including phenoxy) is 3. The Morgan fingerprint density at radius 3 is 2.49 bits per heavy atom. The third kappa shape index (κ3) is 6.39. The Balaban J connectivity index is 1.52. The van der Waals surface area contributed by atoms with Crippen molar-refractivity contribution in [2.45, 2.75) is 43.9 Å². The number of nitrogens with two attached hydrogens (primary N) is 1. The second kappa shape index (κ2) is 11.8. The zero-order valence-electron chi connectivity index (χ0n) is 22.2. The summed E-state index contributed by atoms with van der Waals surface area (Å²) in [4.78, 5) is 24.9.